The third-order valence-electron chi connectivity index (χ3n) is 5.24. The van der Waals surface area contributed by atoms with Gasteiger partial charge in [0.15, 0.2) is 0 Å². The first-order valence-electron chi connectivity index (χ1n) is 10.4. The van der Waals surface area contributed by atoms with Crippen LogP contribution < -0.4 is 10.1 Å². The number of amides is 1. The smallest absolute Gasteiger partial charge is 0.243 e. The van der Waals surface area contributed by atoms with Gasteiger partial charge in [-0.2, -0.15) is 4.31 Å². The van der Waals surface area contributed by atoms with E-state index < -0.39 is 10.0 Å². The number of aryl methyl sites for hydroxylation is 1. The lowest BCUT2D eigenvalue weighted by atomic mass is 10.1. The van der Waals surface area contributed by atoms with E-state index in [4.69, 9.17) is 4.74 Å². The summed E-state index contributed by atoms with van der Waals surface area (Å²) < 4.78 is 34.1. The molecule has 0 heterocycles. The van der Waals surface area contributed by atoms with Gasteiger partial charge in [0.2, 0.25) is 15.9 Å². The highest BCUT2D eigenvalue weighted by Gasteiger charge is 2.27. The first kappa shape index (κ1) is 25.0. The van der Waals surface area contributed by atoms with Crippen LogP contribution in [0.15, 0.2) is 82.2 Å². The first-order valence-corrected chi connectivity index (χ1v) is 12.7. The molecule has 8 heteroatoms. The van der Waals surface area contributed by atoms with E-state index in [-0.39, 0.29) is 29.9 Å². The topological polar surface area (TPSA) is 75.7 Å². The van der Waals surface area contributed by atoms with Crippen molar-refractivity contribution in [3.63, 3.8) is 0 Å². The third-order valence-corrected chi connectivity index (χ3v) is 7.58. The van der Waals surface area contributed by atoms with Gasteiger partial charge in [-0.1, -0.05) is 57.9 Å². The fourth-order valence-corrected chi connectivity index (χ4v) is 4.95. The zero-order valence-corrected chi connectivity index (χ0v) is 21.2. The number of nitrogens with one attached hydrogen (secondary N) is 1. The first-order chi connectivity index (χ1) is 15.7. The molecule has 0 saturated carbocycles. The molecule has 3 aromatic carbocycles. The molecule has 0 bridgehead atoms. The highest BCUT2D eigenvalue weighted by atomic mass is 79.9. The Hall–Kier alpha value is -2.68. The van der Waals surface area contributed by atoms with Gasteiger partial charge in [0, 0.05) is 11.0 Å². The van der Waals surface area contributed by atoms with Crippen LogP contribution in [0, 0.1) is 6.92 Å². The molecule has 0 spiro atoms. The summed E-state index contributed by atoms with van der Waals surface area (Å²) in [4.78, 5) is 13.0. The molecule has 0 fully saturated rings. The Kier molecular flexibility index (Phi) is 8.29. The van der Waals surface area contributed by atoms with Crippen LogP contribution in [0.1, 0.15) is 29.7 Å². The van der Waals surface area contributed by atoms with Crippen LogP contribution in [0.4, 0.5) is 0 Å². The Morgan fingerprint density at radius 1 is 1.00 bits per heavy atom. The van der Waals surface area contributed by atoms with Gasteiger partial charge in [-0.3, -0.25) is 4.79 Å². The van der Waals surface area contributed by atoms with E-state index in [1.54, 1.807) is 31.4 Å². The van der Waals surface area contributed by atoms with Gasteiger partial charge < -0.3 is 10.1 Å². The second-order valence-electron chi connectivity index (χ2n) is 7.77. The minimum Gasteiger partial charge on any atom is -0.497 e. The van der Waals surface area contributed by atoms with Crippen molar-refractivity contribution in [2.75, 3.05) is 13.7 Å². The second kappa shape index (κ2) is 11.0. The fraction of sp³-hybridized carbons (Fsp3) is 0.240. The quantitative estimate of drug-likeness (QED) is 0.429. The minimum absolute atomic E-state index is 0.0772. The Morgan fingerprint density at radius 3 is 2.18 bits per heavy atom. The van der Waals surface area contributed by atoms with Crippen LogP contribution in [-0.2, 0) is 21.4 Å². The molecule has 0 unspecified atom stereocenters. The van der Waals surface area contributed by atoms with E-state index in [0.29, 0.717) is 0 Å². The lowest BCUT2D eigenvalue weighted by Crippen LogP contribution is -2.41. The minimum atomic E-state index is -3.89. The average Bonchev–Trinajstić information content (AvgIpc) is 2.80. The normalized spacial score (nSPS) is 12.4. The van der Waals surface area contributed by atoms with E-state index in [0.717, 1.165) is 26.9 Å². The molecular weight excluding hydrogens is 504 g/mol. The largest absolute Gasteiger partial charge is 0.497 e. The number of ether oxygens (including phenoxy) is 1. The molecule has 174 valence electrons. The number of nitrogens with zero attached hydrogens (tertiary/aromatic N) is 1. The monoisotopic (exact) mass is 530 g/mol. The van der Waals surface area contributed by atoms with Crippen LogP contribution in [0.2, 0.25) is 0 Å². The summed E-state index contributed by atoms with van der Waals surface area (Å²) in [5, 5.41) is 2.90. The predicted octanol–water partition coefficient (Wildman–Crippen LogP) is 4.83. The Morgan fingerprint density at radius 2 is 1.61 bits per heavy atom. The second-order valence-corrected chi connectivity index (χ2v) is 10.6. The maximum Gasteiger partial charge on any atom is 0.243 e. The van der Waals surface area contributed by atoms with Crippen LogP contribution >= 0.6 is 15.9 Å². The molecule has 0 aliphatic carbocycles. The number of carbonyl (C=O) groups is 1. The average molecular weight is 531 g/mol. The number of hydrogen-bond acceptors (Lipinski definition) is 4. The molecule has 33 heavy (non-hydrogen) atoms. The predicted molar refractivity (Wildman–Crippen MR) is 132 cm³/mol. The van der Waals surface area contributed by atoms with Crippen LogP contribution in [-0.4, -0.2) is 32.3 Å². The van der Waals surface area contributed by atoms with Crippen LogP contribution in [0.25, 0.3) is 0 Å². The van der Waals surface area contributed by atoms with Crippen molar-refractivity contribution in [3.8, 4) is 5.75 Å². The van der Waals surface area contributed by atoms with Crippen molar-refractivity contribution >= 4 is 31.9 Å². The standard InChI is InChI=1S/C25H27BrN2O4S/c1-18-4-14-24(15-5-18)33(30,31)28(16-20-6-10-22(26)11-7-20)17-25(29)27-19(2)21-8-12-23(32-3)13-9-21/h4-15,19H,16-17H2,1-3H3,(H,27,29)/t19-/m0/s1. The molecule has 0 saturated heterocycles. The van der Waals surface area contributed by atoms with Gasteiger partial charge in [0.1, 0.15) is 5.75 Å². The molecule has 0 aliphatic heterocycles. The Bertz CT molecular complexity index is 1180. The SMILES string of the molecule is COc1ccc([C@H](C)NC(=O)CN(Cc2ccc(Br)cc2)S(=O)(=O)c2ccc(C)cc2)cc1. The van der Waals surface area contributed by atoms with Crippen molar-refractivity contribution in [2.24, 2.45) is 0 Å². The summed E-state index contributed by atoms with van der Waals surface area (Å²) in [6.45, 7) is 3.53. The molecule has 0 aliphatic rings. The van der Waals surface area contributed by atoms with Gasteiger partial charge in [-0.15, -0.1) is 0 Å². The van der Waals surface area contributed by atoms with Crippen LogP contribution in [0.5, 0.6) is 5.75 Å². The molecule has 6 nitrogen and oxygen atoms in total. The number of sulfonamides is 1. The van der Waals surface area contributed by atoms with Crippen molar-refractivity contribution < 1.29 is 17.9 Å². The van der Waals surface area contributed by atoms with E-state index in [2.05, 4.69) is 21.2 Å². The van der Waals surface area contributed by atoms with E-state index >= 15 is 0 Å². The summed E-state index contributed by atoms with van der Waals surface area (Å²) in [6.07, 6.45) is 0. The number of halogens is 1. The summed E-state index contributed by atoms with van der Waals surface area (Å²) in [6, 6.07) is 21.1. The zero-order chi connectivity index (χ0) is 24.0. The number of benzene rings is 3. The fourth-order valence-electron chi connectivity index (χ4n) is 3.30. The summed E-state index contributed by atoms with van der Waals surface area (Å²) >= 11 is 3.39. The molecule has 1 amide bonds. The number of methoxy groups -OCH3 is 1. The third kappa shape index (κ3) is 6.66. The summed E-state index contributed by atoms with van der Waals surface area (Å²) in [7, 11) is -2.29. The number of rotatable bonds is 9. The molecule has 0 radical (unpaired) electrons. The number of hydrogen-bond donors (Lipinski definition) is 1. The lowest BCUT2D eigenvalue weighted by Gasteiger charge is -2.23. The highest BCUT2D eigenvalue weighted by Crippen LogP contribution is 2.21. The van der Waals surface area contributed by atoms with Crippen molar-refractivity contribution in [1.82, 2.24) is 9.62 Å². The molecular formula is C25H27BrN2O4S. The molecule has 3 aromatic rings. The number of carbonyl (C=O) groups excluding carboxylic acids is 1. The van der Waals surface area contributed by atoms with Gasteiger partial charge >= 0.3 is 0 Å². The van der Waals surface area contributed by atoms with E-state index in [9.17, 15) is 13.2 Å². The van der Waals surface area contributed by atoms with Gasteiger partial charge in [0.25, 0.3) is 0 Å². The summed E-state index contributed by atoms with van der Waals surface area (Å²) in [5.74, 6) is 0.341. The van der Waals surface area contributed by atoms with Crippen LogP contribution in [0.3, 0.4) is 0 Å². The summed E-state index contributed by atoms with van der Waals surface area (Å²) in [5.41, 5.74) is 2.63. The van der Waals surface area contributed by atoms with Crippen molar-refractivity contribution in [1.29, 1.82) is 0 Å². The van der Waals surface area contributed by atoms with Crippen molar-refractivity contribution in [2.45, 2.75) is 31.3 Å². The highest BCUT2D eigenvalue weighted by molar-refractivity contribution is 9.10. The molecule has 0 aromatic heterocycles. The maximum atomic E-state index is 13.4. The Balaban J connectivity index is 1.81. The van der Waals surface area contributed by atoms with Gasteiger partial charge in [0.05, 0.1) is 24.6 Å². The Labute approximate surface area is 203 Å². The maximum absolute atomic E-state index is 13.4. The molecule has 1 N–H and O–H groups in total. The van der Waals surface area contributed by atoms with E-state index in [1.807, 2.05) is 62.4 Å². The van der Waals surface area contributed by atoms with Crippen molar-refractivity contribution in [3.05, 3.63) is 94.0 Å². The molecule has 3 rings (SSSR count). The van der Waals surface area contributed by atoms with Gasteiger partial charge in [-0.25, -0.2) is 8.42 Å². The lowest BCUT2D eigenvalue weighted by molar-refractivity contribution is -0.122. The zero-order valence-electron chi connectivity index (χ0n) is 18.8. The van der Waals surface area contributed by atoms with Gasteiger partial charge in [-0.05, 0) is 61.4 Å². The van der Waals surface area contributed by atoms with E-state index in [1.165, 1.54) is 4.31 Å². The molecule has 1 atom stereocenters.